The van der Waals surface area contributed by atoms with Gasteiger partial charge in [-0.25, -0.2) is 0 Å². The molecule has 0 aromatic heterocycles. The molecule has 7 nitrogen and oxygen atoms in total. The zero-order valence-corrected chi connectivity index (χ0v) is 20.1. The van der Waals surface area contributed by atoms with Crippen LogP contribution in [0.15, 0.2) is 0 Å². The summed E-state index contributed by atoms with van der Waals surface area (Å²) in [5.41, 5.74) is 0. The van der Waals surface area contributed by atoms with E-state index in [0.29, 0.717) is 30.5 Å². The molecule has 30 heavy (non-hydrogen) atoms. The standard InChI is InChI=1S/C23H46N4O3/c1-19-14-25(12-13-28-19)9-6-24(7-10-26-15-20(2)29-21(3)16-26)8-11-27-17-22(4)30-23(5)18-27/h19-23H,6-18H2,1-5H3. The van der Waals surface area contributed by atoms with Crippen molar-refractivity contribution in [2.24, 2.45) is 0 Å². The molecule has 3 heterocycles. The first kappa shape index (κ1) is 24.4. The van der Waals surface area contributed by atoms with Crippen LogP contribution in [0.3, 0.4) is 0 Å². The van der Waals surface area contributed by atoms with Gasteiger partial charge in [-0.2, -0.15) is 0 Å². The third kappa shape index (κ3) is 8.34. The number of hydrogen-bond acceptors (Lipinski definition) is 7. The molecule has 3 aliphatic rings. The molecule has 5 unspecified atom stereocenters. The van der Waals surface area contributed by atoms with Gasteiger partial charge in [0.05, 0.1) is 37.1 Å². The molecule has 0 aromatic carbocycles. The van der Waals surface area contributed by atoms with Gasteiger partial charge in [-0.1, -0.05) is 0 Å². The average molecular weight is 427 g/mol. The van der Waals surface area contributed by atoms with E-state index in [2.05, 4.69) is 54.2 Å². The van der Waals surface area contributed by atoms with Crippen molar-refractivity contribution in [1.29, 1.82) is 0 Å². The summed E-state index contributed by atoms with van der Waals surface area (Å²) in [6.07, 6.45) is 1.73. The molecule has 3 fully saturated rings. The van der Waals surface area contributed by atoms with Crippen molar-refractivity contribution in [3.63, 3.8) is 0 Å². The summed E-state index contributed by atoms with van der Waals surface area (Å²) < 4.78 is 17.5. The predicted molar refractivity (Wildman–Crippen MR) is 121 cm³/mol. The van der Waals surface area contributed by atoms with Crippen molar-refractivity contribution in [3.8, 4) is 0 Å². The van der Waals surface area contributed by atoms with E-state index in [9.17, 15) is 0 Å². The maximum absolute atomic E-state index is 5.91. The number of ether oxygens (including phenoxy) is 3. The molecular formula is C23H46N4O3. The van der Waals surface area contributed by atoms with Crippen molar-refractivity contribution in [3.05, 3.63) is 0 Å². The largest absolute Gasteiger partial charge is 0.376 e. The molecule has 0 radical (unpaired) electrons. The maximum Gasteiger partial charge on any atom is 0.0678 e. The molecule has 0 aliphatic carbocycles. The zero-order valence-electron chi connectivity index (χ0n) is 20.1. The Kier molecular flexibility index (Phi) is 9.82. The van der Waals surface area contributed by atoms with Gasteiger partial charge < -0.3 is 14.2 Å². The van der Waals surface area contributed by atoms with E-state index in [1.54, 1.807) is 0 Å². The van der Waals surface area contributed by atoms with Crippen LogP contribution in [0.4, 0.5) is 0 Å². The highest BCUT2D eigenvalue weighted by Crippen LogP contribution is 2.12. The summed E-state index contributed by atoms with van der Waals surface area (Å²) in [5, 5.41) is 0. The minimum Gasteiger partial charge on any atom is -0.376 e. The van der Waals surface area contributed by atoms with Gasteiger partial charge in [-0.15, -0.1) is 0 Å². The van der Waals surface area contributed by atoms with E-state index in [4.69, 9.17) is 14.2 Å². The van der Waals surface area contributed by atoms with Gasteiger partial charge in [0.2, 0.25) is 0 Å². The second-order valence-electron chi connectivity index (χ2n) is 9.86. The molecule has 0 saturated carbocycles. The molecule has 3 saturated heterocycles. The lowest BCUT2D eigenvalue weighted by Crippen LogP contribution is -2.51. The third-order valence-electron chi connectivity index (χ3n) is 6.51. The quantitative estimate of drug-likeness (QED) is 0.549. The van der Waals surface area contributed by atoms with Gasteiger partial charge in [-0.05, 0) is 34.6 Å². The van der Waals surface area contributed by atoms with E-state index in [1.807, 2.05) is 0 Å². The molecule has 0 N–H and O–H groups in total. The lowest BCUT2D eigenvalue weighted by molar-refractivity contribution is -0.0731. The molecule has 5 atom stereocenters. The van der Waals surface area contributed by atoms with E-state index in [1.165, 1.54) is 0 Å². The Morgan fingerprint density at radius 1 is 0.600 bits per heavy atom. The van der Waals surface area contributed by atoms with Crippen molar-refractivity contribution >= 4 is 0 Å². The summed E-state index contributed by atoms with van der Waals surface area (Å²) in [6.45, 7) is 25.0. The zero-order chi connectivity index (χ0) is 21.5. The first-order chi connectivity index (χ1) is 14.4. The first-order valence-corrected chi connectivity index (χ1v) is 12.2. The van der Waals surface area contributed by atoms with Crippen LogP contribution < -0.4 is 0 Å². The summed E-state index contributed by atoms with van der Waals surface area (Å²) in [5.74, 6) is 0. The fraction of sp³-hybridized carbons (Fsp3) is 1.00. The first-order valence-electron chi connectivity index (χ1n) is 12.2. The minimum absolute atomic E-state index is 0.341. The highest BCUT2D eigenvalue weighted by molar-refractivity contribution is 4.78. The second kappa shape index (κ2) is 12.1. The minimum atomic E-state index is 0.341. The van der Waals surface area contributed by atoms with Crippen LogP contribution in [0.2, 0.25) is 0 Å². The van der Waals surface area contributed by atoms with Gasteiger partial charge in [0.15, 0.2) is 0 Å². The van der Waals surface area contributed by atoms with Gasteiger partial charge in [-0.3, -0.25) is 19.6 Å². The Morgan fingerprint density at radius 3 is 1.43 bits per heavy atom. The summed E-state index contributed by atoms with van der Waals surface area (Å²) in [6, 6.07) is 0. The molecule has 3 rings (SSSR count). The SMILES string of the molecule is CC1CN(CCN(CCN2CC(C)OC(C)C2)CCN2CC(C)OC(C)C2)CCO1. The monoisotopic (exact) mass is 426 g/mol. The van der Waals surface area contributed by atoms with Gasteiger partial charge in [0, 0.05) is 78.5 Å². The average Bonchev–Trinajstić information content (AvgIpc) is 2.66. The highest BCUT2D eigenvalue weighted by Gasteiger charge is 2.25. The fourth-order valence-electron chi connectivity index (χ4n) is 5.21. The van der Waals surface area contributed by atoms with Crippen LogP contribution in [-0.2, 0) is 14.2 Å². The second-order valence-corrected chi connectivity index (χ2v) is 9.86. The number of rotatable bonds is 9. The van der Waals surface area contributed by atoms with Crippen LogP contribution in [0.25, 0.3) is 0 Å². The molecule has 176 valence electrons. The normalized spacial score (nSPS) is 35.2. The van der Waals surface area contributed by atoms with E-state index in [-0.39, 0.29) is 0 Å². The summed E-state index contributed by atoms with van der Waals surface area (Å²) in [7, 11) is 0. The molecule has 7 heteroatoms. The van der Waals surface area contributed by atoms with Crippen LogP contribution in [0.1, 0.15) is 34.6 Å². The van der Waals surface area contributed by atoms with E-state index in [0.717, 1.165) is 85.1 Å². The summed E-state index contributed by atoms with van der Waals surface area (Å²) in [4.78, 5) is 10.4. The van der Waals surface area contributed by atoms with Gasteiger partial charge in [0.1, 0.15) is 0 Å². The molecule has 0 spiro atoms. The van der Waals surface area contributed by atoms with Crippen molar-refractivity contribution < 1.29 is 14.2 Å². The Hall–Kier alpha value is -0.280. The Balaban J connectivity index is 1.48. The van der Waals surface area contributed by atoms with Crippen LogP contribution in [0.5, 0.6) is 0 Å². The third-order valence-corrected chi connectivity index (χ3v) is 6.51. The number of hydrogen-bond donors (Lipinski definition) is 0. The molecule has 3 aliphatic heterocycles. The predicted octanol–water partition coefficient (Wildman–Crippen LogP) is 1.23. The van der Waals surface area contributed by atoms with Gasteiger partial charge >= 0.3 is 0 Å². The summed E-state index contributed by atoms with van der Waals surface area (Å²) >= 11 is 0. The van der Waals surface area contributed by atoms with Crippen LogP contribution >= 0.6 is 0 Å². The van der Waals surface area contributed by atoms with E-state index >= 15 is 0 Å². The van der Waals surface area contributed by atoms with Crippen LogP contribution in [0, 0.1) is 0 Å². The molecule has 0 amide bonds. The maximum atomic E-state index is 5.91. The number of morpholine rings is 3. The Morgan fingerprint density at radius 2 is 1.00 bits per heavy atom. The highest BCUT2D eigenvalue weighted by atomic mass is 16.5. The topological polar surface area (TPSA) is 40.7 Å². The lowest BCUT2D eigenvalue weighted by Gasteiger charge is -2.39. The van der Waals surface area contributed by atoms with Crippen molar-refractivity contribution in [1.82, 2.24) is 19.6 Å². The molecule has 0 aromatic rings. The van der Waals surface area contributed by atoms with Gasteiger partial charge in [0.25, 0.3) is 0 Å². The van der Waals surface area contributed by atoms with E-state index < -0.39 is 0 Å². The number of nitrogens with zero attached hydrogens (tertiary/aromatic N) is 4. The van der Waals surface area contributed by atoms with Crippen molar-refractivity contribution in [2.75, 3.05) is 85.1 Å². The van der Waals surface area contributed by atoms with Crippen LogP contribution in [-0.4, -0.2) is 135 Å². The fourth-order valence-corrected chi connectivity index (χ4v) is 5.21. The molecule has 0 bridgehead atoms. The molecular weight excluding hydrogens is 380 g/mol. The Labute approximate surface area is 184 Å². The lowest BCUT2D eigenvalue weighted by atomic mass is 10.2. The Bertz CT molecular complexity index is 447. The smallest absolute Gasteiger partial charge is 0.0678 e. The van der Waals surface area contributed by atoms with Crippen molar-refractivity contribution in [2.45, 2.75) is 65.1 Å².